The van der Waals surface area contributed by atoms with Gasteiger partial charge in [0.2, 0.25) is 5.91 Å². The van der Waals surface area contributed by atoms with Crippen molar-refractivity contribution < 1.29 is 4.79 Å². The predicted octanol–water partition coefficient (Wildman–Crippen LogP) is 2.80. The molecule has 1 spiro atoms. The molecule has 2 rings (SSSR count). The molecule has 0 aromatic heterocycles. The summed E-state index contributed by atoms with van der Waals surface area (Å²) in [5, 5.41) is 3.44. The molecule has 19 heavy (non-hydrogen) atoms. The molecule has 0 aliphatic carbocycles. The van der Waals surface area contributed by atoms with Crippen LogP contribution in [0.2, 0.25) is 0 Å². The van der Waals surface area contributed by atoms with Crippen molar-refractivity contribution in [2.24, 2.45) is 10.8 Å². The molecule has 0 radical (unpaired) electrons. The van der Waals surface area contributed by atoms with E-state index in [1.54, 1.807) is 0 Å². The summed E-state index contributed by atoms with van der Waals surface area (Å²) in [5.41, 5.74) is 0.334. The Morgan fingerprint density at radius 3 is 2.21 bits per heavy atom. The molecule has 0 aromatic carbocycles. The maximum Gasteiger partial charge on any atom is 0.228 e. The van der Waals surface area contributed by atoms with Gasteiger partial charge in [-0.2, -0.15) is 0 Å². The van der Waals surface area contributed by atoms with Crippen molar-refractivity contribution in [2.45, 2.75) is 59.3 Å². The first-order valence-electron chi connectivity index (χ1n) is 8.11. The third kappa shape index (κ3) is 2.67. The third-order valence-corrected chi connectivity index (χ3v) is 5.87. The molecule has 0 atom stereocenters. The maximum atomic E-state index is 12.9. The highest BCUT2D eigenvalue weighted by Gasteiger charge is 2.44. The smallest absolute Gasteiger partial charge is 0.228 e. The first-order chi connectivity index (χ1) is 9.11. The minimum atomic E-state index is -0.0988. The van der Waals surface area contributed by atoms with Crippen LogP contribution in [0.5, 0.6) is 0 Å². The molecule has 0 unspecified atom stereocenters. The normalized spacial score (nSPS) is 23.0. The van der Waals surface area contributed by atoms with Crippen molar-refractivity contribution in [1.82, 2.24) is 10.2 Å². The number of piperidine rings is 1. The molecule has 2 aliphatic rings. The van der Waals surface area contributed by atoms with Crippen LogP contribution in [-0.2, 0) is 4.79 Å². The Labute approximate surface area is 118 Å². The van der Waals surface area contributed by atoms with Crippen molar-refractivity contribution in [3.63, 3.8) is 0 Å². The van der Waals surface area contributed by atoms with Gasteiger partial charge < -0.3 is 10.2 Å². The number of hydrogen-bond donors (Lipinski definition) is 1. The quantitative estimate of drug-likeness (QED) is 0.848. The second kappa shape index (κ2) is 5.82. The lowest BCUT2D eigenvalue weighted by atomic mass is 9.77. The number of hydrogen-bond acceptors (Lipinski definition) is 2. The molecule has 0 aromatic rings. The monoisotopic (exact) mass is 266 g/mol. The fourth-order valence-electron chi connectivity index (χ4n) is 4.01. The first kappa shape index (κ1) is 14.8. The lowest BCUT2D eigenvalue weighted by molar-refractivity contribution is -0.142. The van der Waals surface area contributed by atoms with Gasteiger partial charge in [-0.15, -0.1) is 0 Å². The summed E-state index contributed by atoms with van der Waals surface area (Å²) >= 11 is 0. The lowest BCUT2D eigenvalue weighted by Crippen LogP contribution is -2.44. The molecule has 0 saturated carbocycles. The summed E-state index contributed by atoms with van der Waals surface area (Å²) in [6.07, 6.45) is 6.63. The van der Waals surface area contributed by atoms with Crippen LogP contribution in [0.15, 0.2) is 0 Å². The number of carbonyl (C=O) groups is 1. The number of carbonyl (C=O) groups excluding carboxylic acids is 1. The molecular weight excluding hydrogens is 236 g/mol. The predicted molar refractivity (Wildman–Crippen MR) is 79.0 cm³/mol. The molecule has 0 bridgehead atoms. The average Bonchev–Trinajstić information content (AvgIpc) is 2.86. The largest absolute Gasteiger partial charge is 0.342 e. The molecule has 2 fully saturated rings. The van der Waals surface area contributed by atoms with Crippen molar-refractivity contribution >= 4 is 5.91 Å². The SMILES string of the molecule is CCC(CC)(CC)C(=O)N1CCC2(CCNCC2)C1. The van der Waals surface area contributed by atoms with Crippen LogP contribution in [0, 0.1) is 10.8 Å². The molecule has 2 saturated heterocycles. The van der Waals surface area contributed by atoms with Crippen LogP contribution in [-0.4, -0.2) is 37.0 Å². The van der Waals surface area contributed by atoms with Gasteiger partial charge in [-0.1, -0.05) is 20.8 Å². The summed E-state index contributed by atoms with van der Waals surface area (Å²) in [6.45, 7) is 10.8. The number of amides is 1. The van der Waals surface area contributed by atoms with Crippen molar-refractivity contribution in [2.75, 3.05) is 26.2 Å². The first-order valence-corrected chi connectivity index (χ1v) is 8.11. The number of rotatable bonds is 4. The summed E-state index contributed by atoms with van der Waals surface area (Å²) < 4.78 is 0. The highest BCUT2D eigenvalue weighted by Crippen LogP contribution is 2.41. The van der Waals surface area contributed by atoms with E-state index >= 15 is 0 Å². The zero-order chi connectivity index (χ0) is 13.9. The van der Waals surface area contributed by atoms with Crippen LogP contribution >= 0.6 is 0 Å². The minimum Gasteiger partial charge on any atom is -0.342 e. The van der Waals surface area contributed by atoms with Gasteiger partial charge in [-0.05, 0) is 57.0 Å². The van der Waals surface area contributed by atoms with E-state index in [0.717, 1.165) is 45.4 Å². The van der Waals surface area contributed by atoms with Crippen molar-refractivity contribution in [3.05, 3.63) is 0 Å². The zero-order valence-electron chi connectivity index (χ0n) is 12.9. The van der Waals surface area contributed by atoms with E-state index in [1.807, 2.05) is 0 Å². The van der Waals surface area contributed by atoms with Crippen LogP contribution in [0.25, 0.3) is 0 Å². The summed E-state index contributed by atoms with van der Waals surface area (Å²) in [7, 11) is 0. The Balaban J connectivity index is 2.05. The summed E-state index contributed by atoms with van der Waals surface area (Å²) in [6, 6.07) is 0. The zero-order valence-corrected chi connectivity index (χ0v) is 12.9. The van der Waals surface area contributed by atoms with Crippen LogP contribution in [0.3, 0.4) is 0 Å². The summed E-state index contributed by atoms with van der Waals surface area (Å²) in [4.78, 5) is 15.1. The van der Waals surface area contributed by atoms with Crippen LogP contribution in [0.4, 0.5) is 0 Å². The van der Waals surface area contributed by atoms with Crippen molar-refractivity contribution in [1.29, 1.82) is 0 Å². The van der Waals surface area contributed by atoms with Crippen molar-refractivity contribution in [3.8, 4) is 0 Å². The van der Waals surface area contributed by atoms with Crippen LogP contribution in [0.1, 0.15) is 59.3 Å². The summed E-state index contributed by atoms with van der Waals surface area (Å²) in [5.74, 6) is 0.426. The van der Waals surface area contributed by atoms with E-state index in [9.17, 15) is 4.79 Å². The average molecular weight is 266 g/mol. The van der Waals surface area contributed by atoms with E-state index in [0.29, 0.717) is 11.3 Å². The molecule has 2 heterocycles. The van der Waals surface area contributed by atoms with E-state index in [-0.39, 0.29) is 5.41 Å². The van der Waals surface area contributed by atoms with Gasteiger partial charge in [0.15, 0.2) is 0 Å². The Hall–Kier alpha value is -0.570. The molecule has 110 valence electrons. The fraction of sp³-hybridized carbons (Fsp3) is 0.938. The number of likely N-dealkylation sites (tertiary alicyclic amines) is 1. The Bertz CT molecular complexity index is 308. The maximum absolute atomic E-state index is 12.9. The van der Waals surface area contributed by atoms with E-state index in [1.165, 1.54) is 19.3 Å². The lowest BCUT2D eigenvalue weighted by Gasteiger charge is -2.36. The van der Waals surface area contributed by atoms with Gasteiger partial charge in [0.1, 0.15) is 0 Å². The van der Waals surface area contributed by atoms with Gasteiger partial charge in [-0.25, -0.2) is 0 Å². The topological polar surface area (TPSA) is 32.3 Å². The third-order valence-electron chi connectivity index (χ3n) is 5.87. The van der Waals surface area contributed by atoms with E-state index < -0.39 is 0 Å². The minimum absolute atomic E-state index is 0.0988. The molecule has 3 nitrogen and oxygen atoms in total. The standard InChI is InChI=1S/C16H30N2O/c1-4-16(5-2,6-3)14(19)18-12-9-15(13-18)7-10-17-11-8-15/h17H,4-13H2,1-3H3. The molecule has 1 N–H and O–H groups in total. The van der Waals surface area contributed by atoms with Gasteiger partial charge in [-0.3, -0.25) is 4.79 Å². The fourth-order valence-corrected chi connectivity index (χ4v) is 4.01. The van der Waals surface area contributed by atoms with Crippen LogP contribution < -0.4 is 5.32 Å². The highest BCUT2D eigenvalue weighted by molar-refractivity contribution is 5.83. The molecule has 3 heteroatoms. The van der Waals surface area contributed by atoms with Gasteiger partial charge in [0.05, 0.1) is 0 Å². The second-order valence-electron chi connectivity index (χ2n) is 6.57. The molecule has 2 aliphatic heterocycles. The van der Waals surface area contributed by atoms with Gasteiger partial charge in [0, 0.05) is 18.5 Å². The Morgan fingerprint density at radius 2 is 1.68 bits per heavy atom. The van der Waals surface area contributed by atoms with Gasteiger partial charge in [0.25, 0.3) is 0 Å². The van der Waals surface area contributed by atoms with E-state index in [4.69, 9.17) is 0 Å². The van der Waals surface area contributed by atoms with E-state index in [2.05, 4.69) is 31.0 Å². The Morgan fingerprint density at radius 1 is 1.11 bits per heavy atom. The second-order valence-corrected chi connectivity index (χ2v) is 6.57. The number of nitrogens with zero attached hydrogens (tertiary/aromatic N) is 1. The molecular formula is C16H30N2O. The Kier molecular flexibility index (Phi) is 4.54. The highest BCUT2D eigenvalue weighted by atomic mass is 16.2. The molecule has 1 amide bonds. The number of nitrogens with one attached hydrogen (secondary N) is 1. The van der Waals surface area contributed by atoms with Gasteiger partial charge >= 0.3 is 0 Å².